The summed E-state index contributed by atoms with van der Waals surface area (Å²) in [7, 11) is 0. The number of nitrogens with one attached hydrogen (secondary N) is 1. The zero-order chi connectivity index (χ0) is 10.6. The Hall–Kier alpha value is -0.610. The first-order chi connectivity index (χ1) is 6.58. The van der Waals surface area contributed by atoms with E-state index in [1.807, 2.05) is 13.8 Å². The molecular formula is C10H19NO3. The lowest BCUT2D eigenvalue weighted by Crippen LogP contribution is -2.52. The Labute approximate surface area is 84.6 Å². The van der Waals surface area contributed by atoms with Gasteiger partial charge in [-0.25, -0.2) is 0 Å². The quantitative estimate of drug-likeness (QED) is 0.712. The molecule has 4 heteroatoms. The average Bonchev–Trinajstić information content (AvgIpc) is 2.02. The predicted molar refractivity (Wildman–Crippen MR) is 53.3 cm³/mol. The van der Waals surface area contributed by atoms with Gasteiger partial charge in [-0.05, 0) is 26.3 Å². The summed E-state index contributed by atoms with van der Waals surface area (Å²) in [6.45, 7) is 5.46. The molecule has 0 aromatic carbocycles. The summed E-state index contributed by atoms with van der Waals surface area (Å²) in [6.07, 6.45) is 1.92. The molecule has 0 aliphatic carbocycles. The molecule has 82 valence electrons. The van der Waals surface area contributed by atoms with E-state index in [1.54, 1.807) is 0 Å². The molecular weight excluding hydrogens is 182 g/mol. The minimum Gasteiger partial charge on any atom is -0.481 e. The van der Waals surface area contributed by atoms with Gasteiger partial charge in [0.2, 0.25) is 0 Å². The normalized spacial score (nSPS) is 32.9. The first kappa shape index (κ1) is 11.5. The number of hydrogen-bond acceptors (Lipinski definition) is 3. The summed E-state index contributed by atoms with van der Waals surface area (Å²) in [4.78, 5) is 10.8. The first-order valence-electron chi connectivity index (χ1n) is 5.16. The Kier molecular flexibility index (Phi) is 3.89. The van der Waals surface area contributed by atoms with Crippen molar-refractivity contribution in [1.29, 1.82) is 0 Å². The van der Waals surface area contributed by atoms with Gasteiger partial charge in [-0.1, -0.05) is 6.92 Å². The summed E-state index contributed by atoms with van der Waals surface area (Å²) < 4.78 is 5.43. The van der Waals surface area contributed by atoms with Crippen LogP contribution in [0.3, 0.4) is 0 Å². The highest BCUT2D eigenvalue weighted by Crippen LogP contribution is 2.27. The van der Waals surface area contributed by atoms with Crippen LogP contribution in [0, 0.1) is 0 Å². The van der Waals surface area contributed by atoms with Gasteiger partial charge in [0.15, 0.2) is 0 Å². The van der Waals surface area contributed by atoms with E-state index >= 15 is 0 Å². The third kappa shape index (κ3) is 2.96. The fourth-order valence-electron chi connectivity index (χ4n) is 2.21. The Morgan fingerprint density at radius 1 is 1.71 bits per heavy atom. The van der Waals surface area contributed by atoms with Crippen molar-refractivity contribution in [1.82, 2.24) is 5.32 Å². The molecule has 1 heterocycles. The lowest BCUT2D eigenvalue weighted by atomic mass is 9.84. The standard InChI is InChI=1S/C10H19NO3/c1-3-11-10(7-9(12)13)4-5-14-8(2)6-10/h8,11H,3-7H2,1-2H3,(H,12,13). The lowest BCUT2D eigenvalue weighted by Gasteiger charge is -2.39. The van der Waals surface area contributed by atoms with Crippen LogP contribution in [-0.2, 0) is 9.53 Å². The van der Waals surface area contributed by atoms with Crippen LogP contribution in [0.4, 0.5) is 0 Å². The molecule has 0 aromatic heterocycles. The van der Waals surface area contributed by atoms with E-state index in [1.165, 1.54) is 0 Å². The maximum Gasteiger partial charge on any atom is 0.305 e. The molecule has 1 fully saturated rings. The second-order valence-corrected chi connectivity index (χ2v) is 4.02. The highest BCUT2D eigenvalue weighted by atomic mass is 16.5. The molecule has 0 bridgehead atoms. The smallest absolute Gasteiger partial charge is 0.305 e. The number of carboxylic acids is 1. The van der Waals surface area contributed by atoms with E-state index in [-0.39, 0.29) is 18.1 Å². The first-order valence-corrected chi connectivity index (χ1v) is 5.16. The largest absolute Gasteiger partial charge is 0.481 e. The lowest BCUT2D eigenvalue weighted by molar-refractivity contribution is -0.140. The van der Waals surface area contributed by atoms with E-state index in [2.05, 4.69) is 5.32 Å². The highest BCUT2D eigenvalue weighted by molar-refractivity contribution is 5.68. The van der Waals surface area contributed by atoms with Gasteiger partial charge < -0.3 is 15.2 Å². The minimum atomic E-state index is -0.736. The number of rotatable bonds is 4. The van der Waals surface area contributed by atoms with Crippen molar-refractivity contribution >= 4 is 5.97 Å². The average molecular weight is 201 g/mol. The van der Waals surface area contributed by atoms with E-state index < -0.39 is 5.97 Å². The predicted octanol–water partition coefficient (Wildman–Crippen LogP) is 1.01. The van der Waals surface area contributed by atoms with Crippen molar-refractivity contribution < 1.29 is 14.6 Å². The van der Waals surface area contributed by atoms with Gasteiger partial charge in [0, 0.05) is 12.1 Å². The third-order valence-electron chi connectivity index (χ3n) is 2.70. The Morgan fingerprint density at radius 3 is 2.93 bits per heavy atom. The van der Waals surface area contributed by atoms with Gasteiger partial charge in [0.1, 0.15) is 0 Å². The van der Waals surface area contributed by atoms with Crippen molar-refractivity contribution in [3.63, 3.8) is 0 Å². The molecule has 1 rings (SSSR count). The van der Waals surface area contributed by atoms with Crippen LogP contribution in [0.15, 0.2) is 0 Å². The summed E-state index contributed by atoms with van der Waals surface area (Å²) in [5.41, 5.74) is -0.252. The van der Waals surface area contributed by atoms with Crippen molar-refractivity contribution in [2.24, 2.45) is 0 Å². The van der Waals surface area contributed by atoms with Crippen molar-refractivity contribution in [2.45, 2.75) is 44.8 Å². The molecule has 1 saturated heterocycles. The van der Waals surface area contributed by atoms with Gasteiger partial charge in [0.05, 0.1) is 12.5 Å². The fraction of sp³-hybridized carbons (Fsp3) is 0.900. The molecule has 1 aliphatic rings. The van der Waals surface area contributed by atoms with Crippen molar-refractivity contribution in [2.75, 3.05) is 13.2 Å². The van der Waals surface area contributed by atoms with Crippen molar-refractivity contribution in [3.8, 4) is 0 Å². The molecule has 0 amide bonds. The summed E-state index contributed by atoms with van der Waals surface area (Å²) in [5, 5.41) is 12.2. The van der Waals surface area contributed by atoms with Gasteiger partial charge in [0.25, 0.3) is 0 Å². The topological polar surface area (TPSA) is 58.6 Å². The second kappa shape index (κ2) is 4.75. The second-order valence-electron chi connectivity index (χ2n) is 4.02. The molecule has 0 spiro atoms. The Morgan fingerprint density at radius 2 is 2.43 bits per heavy atom. The third-order valence-corrected chi connectivity index (χ3v) is 2.70. The van der Waals surface area contributed by atoms with Gasteiger partial charge >= 0.3 is 5.97 Å². The van der Waals surface area contributed by atoms with Crippen LogP contribution in [0.1, 0.15) is 33.1 Å². The molecule has 0 saturated carbocycles. The molecule has 1 aliphatic heterocycles. The van der Waals surface area contributed by atoms with Gasteiger partial charge in [-0.3, -0.25) is 4.79 Å². The molecule has 0 aromatic rings. The number of hydrogen-bond donors (Lipinski definition) is 2. The van der Waals surface area contributed by atoms with Crippen LogP contribution >= 0.6 is 0 Å². The summed E-state index contributed by atoms with van der Waals surface area (Å²) >= 11 is 0. The molecule has 2 N–H and O–H groups in total. The monoisotopic (exact) mass is 201 g/mol. The number of aliphatic carboxylic acids is 1. The highest BCUT2D eigenvalue weighted by Gasteiger charge is 2.36. The van der Waals surface area contributed by atoms with Crippen molar-refractivity contribution in [3.05, 3.63) is 0 Å². The Bertz CT molecular complexity index is 204. The van der Waals surface area contributed by atoms with Crippen LogP contribution in [0.25, 0.3) is 0 Å². The van der Waals surface area contributed by atoms with E-state index in [0.29, 0.717) is 6.61 Å². The zero-order valence-electron chi connectivity index (χ0n) is 8.88. The number of carboxylic acid groups (broad SMARTS) is 1. The van der Waals surface area contributed by atoms with Crippen LogP contribution in [0.5, 0.6) is 0 Å². The van der Waals surface area contributed by atoms with Crippen LogP contribution in [-0.4, -0.2) is 35.9 Å². The fourth-order valence-corrected chi connectivity index (χ4v) is 2.21. The van der Waals surface area contributed by atoms with Gasteiger partial charge in [-0.2, -0.15) is 0 Å². The maximum absolute atomic E-state index is 10.8. The zero-order valence-corrected chi connectivity index (χ0v) is 8.88. The molecule has 14 heavy (non-hydrogen) atoms. The van der Waals surface area contributed by atoms with E-state index in [9.17, 15) is 4.79 Å². The molecule has 0 radical (unpaired) electrons. The summed E-state index contributed by atoms with van der Waals surface area (Å²) in [5.74, 6) is -0.736. The van der Waals surface area contributed by atoms with Gasteiger partial charge in [-0.15, -0.1) is 0 Å². The van der Waals surface area contributed by atoms with Crippen LogP contribution < -0.4 is 5.32 Å². The van der Waals surface area contributed by atoms with Crippen LogP contribution in [0.2, 0.25) is 0 Å². The minimum absolute atomic E-state index is 0.155. The maximum atomic E-state index is 10.8. The SMILES string of the molecule is CCNC1(CC(=O)O)CCOC(C)C1. The molecule has 2 atom stereocenters. The van der Waals surface area contributed by atoms with E-state index in [0.717, 1.165) is 19.4 Å². The number of carbonyl (C=O) groups is 1. The molecule has 2 unspecified atom stereocenters. The summed E-state index contributed by atoms with van der Waals surface area (Å²) in [6, 6.07) is 0. The Balaban J connectivity index is 2.64. The van der Waals surface area contributed by atoms with E-state index in [4.69, 9.17) is 9.84 Å². The number of ether oxygens (including phenoxy) is 1. The molecule has 4 nitrogen and oxygen atoms in total.